The number of unbranched alkanes of at least 4 members (excludes halogenated alkanes) is 52. The number of esters is 2. The summed E-state index contributed by atoms with van der Waals surface area (Å²) in [7, 11) is 0. The maximum atomic E-state index is 13.2. The molecule has 0 aliphatic rings. The van der Waals surface area contributed by atoms with Crippen molar-refractivity contribution < 1.29 is 23.9 Å². The number of ether oxygens (including phenoxy) is 2. The summed E-state index contributed by atoms with van der Waals surface area (Å²) in [4.78, 5) is 39.2. The Kier molecular flexibility index (Phi) is 60.6. The van der Waals surface area contributed by atoms with Gasteiger partial charge in [0.25, 0.3) is 0 Å². The van der Waals surface area contributed by atoms with E-state index in [1.807, 2.05) is 0 Å². The highest BCUT2D eigenvalue weighted by atomic mass is 16.5. The first kappa shape index (κ1) is 70.4. The molecule has 0 aromatic rings. The quantitative estimate of drug-likeness (QED) is 0.0485. The maximum absolute atomic E-state index is 13.2. The molecule has 0 aromatic carbocycles. The van der Waals surface area contributed by atoms with E-state index in [9.17, 15) is 14.4 Å². The van der Waals surface area contributed by atoms with Gasteiger partial charge in [0.15, 0.2) is 0 Å². The summed E-state index contributed by atoms with van der Waals surface area (Å²) in [5.41, 5.74) is 0. The lowest BCUT2D eigenvalue weighted by Crippen LogP contribution is -2.43. The fraction of sp³-hybridized carbons (Fsp3) is 0.955. The zero-order chi connectivity index (χ0) is 52.2. The summed E-state index contributed by atoms with van der Waals surface area (Å²) in [5.74, 6) is -1.11. The van der Waals surface area contributed by atoms with Crippen LogP contribution in [0.1, 0.15) is 387 Å². The Morgan fingerprint density at radius 3 is 0.736 bits per heavy atom. The molecule has 0 aromatic heterocycles. The van der Waals surface area contributed by atoms with Crippen LogP contribution in [0.5, 0.6) is 0 Å². The summed E-state index contributed by atoms with van der Waals surface area (Å²) in [5, 5.41) is 2.86. The molecule has 6 heteroatoms. The molecule has 72 heavy (non-hydrogen) atoms. The van der Waals surface area contributed by atoms with Gasteiger partial charge >= 0.3 is 11.9 Å². The van der Waals surface area contributed by atoms with E-state index in [1.165, 1.54) is 302 Å². The average Bonchev–Trinajstić information content (AvgIpc) is 3.38. The summed E-state index contributed by atoms with van der Waals surface area (Å²) < 4.78 is 11.2. The van der Waals surface area contributed by atoms with Crippen molar-refractivity contribution in [3.8, 4) is 0 Å². The third-order valence-electron chi connectivity index (χ3n) is 15.5. The molecule has 0 rings (SSSR count). The van der Waals surface area contributed by atoms with Crippen LogP contribution in [0.4, 0.5) is 0 Å². The topological polar surface area (TPSA) is 81.7 Å². The lowest BCUT2D eigenvalue weighted by atomic mass is 10.0. The first-order chi connectivity index (χ1) is 35.5. The van der Waals surface area contributed by atoms with Crippen LogP contribution in [0.15, 0.2) is 0 Å². The molecule has 0 saturated carbocycles. The van der Waals surface area contributed by atoms with Crippen molar-refractivity contribution in [2.24, 2.45) is 0 Å². The van der Waals surface area contributed by atoms with Gasteiger partial charge in [-0.15, -0.1) is 0 Å². The van der Waals surface area contributed by atoms with Crippen molar-refractivity contribution in [3.05, 3.63) is 0 Å². The van der Waals surface area contributed by atoms with Crippen LogP contribution in [0.3, 0.4) is 0 Å². The van der Waals surface area contributed by atoms with Gasteiger partial charge in [-0.2, -0.15) is 0 Å². The Hall–Kier alpha value is -1.59. The highest BCUT2D eigenvalue weighted by Crippen LogP contribution is 2.18. The summed E-state index contributed by atoms with van der Waals surface area (Å²) in [6.07, 6.45) is 72.6. The van der Waals surface area contributed by atoms with Crippen molar-refractivity contribution in [1.29, 1.82) is 0 Å². The standard InChI is InChI=1S/C66H129NO5/c1-4-7-10-13-16-19-22-25-28-30-32-34-36-39-42-45-48-51-54-57-60-71-65(69)62-63(67-64(68)59-56-53-50-47-44-41-38-27-24-21-18-15-12-9-6-3)66(70)72-61-58-55-52-49-46-43-40-37-35-33-31-29-26-23-20-17-14-11-8-5-2/h63H,4-62H2,1-3H3,(H,67,68)/t63-/m0/s1. The number of hydrogen-bond donors (Lipinski definition) is 1. The lowest BCUT2D eigenvalue weighted by Gasteiger charge is -2.17. The molecule has 0 bridgehead atoms. The predicted molar refractivity (Wildman–Crippen MR) is 314 cm³/mol. The molecule has 0 fully saturated rings. The Labute approximate surface area is 451 Å². The zero-order valence-electron chi connectivity index (χ0n) is 49.3. The fourth-order valence-corrected chi connectivity index (χ4v) is 10.5. The minimum atomic E-state index is -0.985. The maximum Gasteiger partial charge on any atom is 0.329 e. The molecule has 1 amide bonds. The highest BCUT2D eigenvalue weighted by molar-refractivity contribution is 5.88. The van der Waals surface area contributed by atoms with Crippen LogP contribution in [0.25, 0.3) is 0 Å². The third kappa shape index (κ3) is 57.7. The van der Waals surface area contributed by atoms with Gasteiger partial charge in [0, 0.05) is 6.42 Å². The van der Waals surface area contributed by atoms with Crippen molar-refractivity contribution in [1.82, 2.24) is 5.32 Å². The normalized spacial score (nSPS) is 11.9. The van der Waals surface area contributed by atoms with Crippen LogP contribution >= 0.6 is 0 Å². The molecule has 0 spiro atoms. The van der Waals surface area contributed by atoms with Gasteiger partial charge in [0.1, 0.15) is 6.04 Å². The number of carbonyl (C=O) groups is 3. The SMILES string of the molecule is CCCCCCCCCCCCCCCCCCCCCCOC(=O)C[C@H](NC(=O)CCCCCCCCCCCCCCCCC)C(=O)OCCCCCCCCCCCCCCCCCCCCCC. The summed E-state index contributed by atoms with van der Waals surface area (Å²) in [6.45, 7) is 7.56. The zero-order valence-corrected chi connectivity index (χ0v) is 49.3. The molecule has 0 saturated heterocycles. The van der Waals surface area contributed by atoms with E-state index in [1.54, 1.807) is 0 Å². The monoisotopic (exact) mass is 1020 g/mol. The van der Waals surface area contributed by atoms with Gasteiger partial charge < -0.3 is 14.8 Å². The third-order valence-corrected chi connectivity index (χ3v) is 15.5. The van der Waals surface area contributed by atoms with Crippen molar-refractivity contribution in [3.63, 3.8) is 0 Å². The van der Waals surface area contributed by atoms with Crippen LogP contribution in [-0.2, 0) is 23.9 Å². The Morgan fingerprint density at radius 2 is 0.486 bits per heavy atom. The van der Waals surface area contributed by atoms with Crippen LogP contribution in [0, 0.1) is 0 Å². The molecular formula is C66H129NO5. The molecule has 6 nitrogen and oxygen atoms in total. The molecular weight excluding hydrogens is 887 g/mol. The van der Waals surface area contributed by atoms with E-state index in [-0.39, 0.29) is 12.3 Å². The van der Waals surface area contributed by atoms with Crippen LogP contribution in [0.2, 0.25) is 0 Å². The Bertz CT molecular complexity index is 1080. The van der Waals surface area contributed by atoms with Crippen molar-refractivity contribution in [2.45, 2.75) is 393 Å². The van der Waals surface area contributed by atoms with Gasteiger partial charge in [0.05, 0.1) is 19.6 Å². The number of rotatable bonds is 62. The van der Waals surface area contributed by atoms with E-state index in [4.69, 9.17) is 9.47 Å². The van der Waals surface area contributed by atoms with Gasteiger partial charge in [-0.25, -0.2) is 4.79 Å². The molecule has 0 aliphatic carbocycles. The molecule has 0 radical (unpaired) electrons. The second-order valence-corrected chi connectivity index (χ2v) is 22.8. The minimum absolute atomic E-state index is 0.165. The van der Waals surface area contributed by atoms with E-state index in [0.717, 1.165) is 51.4 Å². The fourth-order valence-electron chi connectivity index (χ4n) is 10.5. The average molecular weight is 1020 g/mol. The van der Waals surface area contributed by atoms with E-state index in [2.05, 4.69) is 26.1 Å². The van der Waals surface area contributed by atoms with Crippen LogP contribution in [-0.4, -0.2) is 37.1 Å². The first-order valence-corrected chi connectivity index (χ1v) is 33.2. The molecule has 0 heterocycles. The van der Waals surface area contributed by atoms with E-state index < -0.39 is 18.0 Å². The van der Waals surface area contributed by atoms with Crippen molar-refractivity contribution >= 4 is 17.8 Å². The molecule has 0 aliphatic heterocycles. The number of carbonyl (C=O) groups excluding carboxylic acids is 3. The smallest absolute Gasteiger partial charge is 0.329 e. The van der Waals surface area contributed by atoms with Crippen molar-refractivity contribution in [2.75, 3.05) is 13.2 Å². The van der Waals surface area contributed by atoms with Gasteiger partial charge in [-0.05, 0) is 19.3 Å². The number of amides is 1. The van der Waals surface area contributed by atoms with Gasteiger partial charge in [-0.3, -0.25) is 9.59 Å². The summed E-state index contributed by atoms with van der Waals surface area (Å²) in [6, 6.07) is -0.985. The second-order valence-electron chi connectivity index (χ2n) is 22.8. The summed E-state index contributed by atoms with van der Waals surface area (Å²) >= 11 is 0. The second kappa shape index (κ2) is 62.0. The lowest BCUT2D eigenvalue weighted by molar-refractivity contribution is -0.154. The molecule has 1 atom stereocenters. The predicted octanol–water partition coefficient (Wildman–Crippen LogP) is 21.9. The highest BCUT2D eigenvalue weighted by Gasteiger charge is 2.26. The van der Waals surface area contributed by atoms with Gasteiger partial charge in [0.2, 0.25) is 5.91 Å². The number of nitrogens with one attached hydrogen (secondary N) is 1. The largest absolute Gasteiger partial charge is 0.466 e. The Balaban J connectivity index is 4.26. The first-order valence-electron chi connectivity index (χ1n) is 33.2. The minimum Gasteiger partial charge on any atom is -0.466 e. The Morgan fingerprint density at radius 1 is 0.278 bits per heavy atom. The van der Waals surface area contributed by atoms with E-state index in [0.29, 0.717) is 19.6 Å². The number of hydrogen-bond acceptors (Lipinski definition) is 5. The van der Waals surface area contributed by atoms with Gasteiger partial charge in [-0.1, -0.05) is 355 Å². The van der Waals surface area contributed by atoms with E-state index >= 15 is 0 Å². The molecule has 428 valence electrons. The molecule has 0 unspecified atom stereocenters. The van der Waals surface area contributed by atoms with Crippen LogP contribution < -0.4 is 5.32 Å². The molecule has 1 N–H and O–H groups in total.